The van der Waals surface area contributed by atoms with Crippen molar-refractivity contribution in [2.24, 2.45) is 5.92 Å². The Morgan fingerprint density at radius 3 is 2.92 bits per heavy atom. The quantitative estimate of drug-likeness (QED) is 0.873. The number of H-pyrrole nitrogens is 1. The molecule has 2 aromatic rings. The van der Waals surface area contributed by atoms with Crippen LogP contribution in [0.3, 0.4) is 0 Å². The number of carboxylic acid groups (broad SMARTS) is 1. The van der Waals surface area contributed by atoms with E-state index in [1.807, 2.05) is 24.3 Å². The van der Waals surface area contributed by atoms with Crippen LogP contribution in [0.1, 0.15) is 39.6 Å². The number of carbonyl (C=O) groups excluding carboxylic acids is 1. The molecule has 0 bridgehead atoms. The lowest BCUT2D eigenvalue weighted by Crippen LogP contribution is -2.30. The number of aromatic nitrogens is 2. The van der Waals surface area contributed by atoms with Crippen molar-refractivity contribution in [2.75, 3.05) is 20.2 Å². The number of aliphatic carboxylic acids is 1. The van der Waals surface area contributed by atoms with Crippen molar-refractivity contribution in [3.8, 4) is 5.75 Å². The van der Waals surface area contributed by atoms with Crippen molar-refractivity contribution >= 4 is 11.9 Å². The molecule has 1 aliphatic carbocycles. The molecule has 0 spiro atoms. The maximum Gasteiger partial charge on any atom is 0.308 e. The third-order valence-electron chi connectivity index (χ3n) is 5.46. The highest BCUT2D eigenvalue weighted by Crippen LogP contribution is 2.35. The topological polar surface area (TPSA) is 95.5 Å². The van der Waals surface area contributed by atoms with Crippen LogP contribution in [-0.2, 0) is 17.6 Å². The highest BCUT2D eigenvalue weighted by molar-refractivity contribution is 5.95. The van der Waals surface area contributed by atoms with E-state index in [2.05, 4.69) is 10.2 Å². The summed E-state index contributed by atoms with van der Waals surface area (Å²) in [5.74, 6) is -1.29. The molecule has 0 radical (unpaired) electrons. The maximum absolute atomic E-state index is 13.0. The molecular weight excluding hydrogens is 334 g/mol. The lowest BCUT2D eigenvalue weighted by molar-refractivity contribution is -0.141. The average molecular weight is 355 g/mol. The van der Waals surface area contributed by atoms with Crippen LogP contribution in [-0.4, -0.2) is 52.3 Å². The van der Waals surface area contributed by atoms with E-state index >= 15 is 0 Å². The number of hydrogen-bond donors (Lipinski definition) is 2. The van der Waals surface area contributed by atoms with E-state index in [0.717, 1.165) is 36.1 Å². The van der Waals surface area contributed by atoms with Crippen LogP contribution in [0.4, 0.5) is 0 Å². The number of rotatable bonds is 4. The summed E-state index contributed by atoms with van der Waals surface area (Å²) < 4.78 is 5.25. The molecule has 2 N–H and O–H groups in total. The Hall–Kier alpha value is -2.83. The van der Waals surface area contributed by atoms with Gasteiger partial charge in [0.05, 0.1) is 13.0 Å². The molecule has 1 amide bonds. The monoisotopic (exact) mass is 355 g/mol. The number of carboxylic acids is 1. The Morgan fingerprint density at radius 1 is 1.31 bits per heavy atom. The predicted molar refractivity (Wildman–Crippen MR) is 93.4 cm³/mol. The van der Waals surface area contributed by atoms with Crippen LogP contribution in [0.25, 0.3) is 0 Å². The van der Waals surface area contributed by atoms with Crippen molar-refractivity contribution in [2.45, 2.75) is 25.2 Å². The number of amides is 1. The molecule has 2 aliphatic rings. The van der Waals surface area contributed by atoms with Crippen LogP contribution >= 0.6 is 0 Å². The van der Waals surface area contributed by atoms with Crippen molar-refractivity contribution in [3.63, 3.8) is 0 Å². The third kappa shape index (κ3) is 2.73. The first kappa shape index (κ1) is 16.6. The number of nitrogens with one attached hydrogen (secondary N) is 1. The standard InChI is InChI=1S/C19H21N3O4/c1-26-12-5-2-4-11(8-12)14-9-22(10-15(14)19(24)25)18(23)17-13-6-3-7-16(13)20-21-17/h2,4-5,8,14-15H,3,6-7,9-10H2,1H3,(H,20,21)(H,24,25). The van der Waals surface area contributed by atoms with Gasteiger partial charge in [-0.15, -0.1) is 0 Å². The Labute approximate surface area is 151 Å². The van der Waals surface area contributed by atoms with Gasteiger partial charge in [-0.2, -0.15) is 5.10 Å². The molecule has 2 atom stereocenters. The van der Waals surface area contributed by atoms with Crippen molar-refractivity contribution in [1.82, 2.24) is 15.1 Å². The van der Waals surface area contributed by atoms with Gasteiger partial charge in [0, 0.05) is 30.3 Å². The van der Waals surface area contributed by atoms with Gasteiger partial charge >= 0.3 is 5.97 Å². The SMILES string of the molecule is COc1cccc(C2CN(C(=O)c3n[nH]c4c3CCC4)CC2C(=O)O)c1. The first-order valence-corrected chi connectivity index (χ1v) is 8.80. The average Bonchev–Trinajstić information content (AvgIpc) is 3.36. The van der Waals surface area contributed by atoms with E-state index < -0.39 is 11.9 Å². The number of likely N-dealkylation sites (tertiary alicyclic amines) is 1. The van der Waals surface area contributed by atoms with Gasteiger partial charge in [-0.1, -0.05) is 12.1 Å². The number of benzene rings is 1. The van der Waals surface area contributed by atoms with Gasteiger partial charge in [-0.05, 0) is 37.0 Å². The van der Waals surface area contributed by atoms with E-state index in [1.54, 1.807) is 12.0 Å². The molecule has 2 unspecified atom stereocenters. The normalized spacial score (nSPS) is 21.7. The minimum atomic E-state index is -0.889. The number of carbonyl (C=O) groups is 2. The molecule has 7 nitrogen and oxygen atoms in total. The second-order valence-electron chi connectivity index (χ2n) is 6.92. The molecule has 1 aliphatic heterocycles. The van der Waals surface area contributed by atoms with Gasteiger partial charge in [0.1, 0.15) is 5.75 Å². The Bertz CT molecular complexity index is 860. The molecule has 26 heavy (non-hydrogen) atoms. The predicted octanol–water partition coefficient (Wildman–Crippen LogP) is 1.85. The Morgan fingerprint density at radius 2 is 2.15 bits per heavy atom. The van der Waals surface area contributed by atoms with E-state index in [-0.39, 0.29) is 18.4 Å². The van der Waals surface area contributed by atoms with E-state index in [1.165, 1.54) is 0 Å². The number of methoxy groups -OCH3 is 1. The zero-order chi connectivity index (χ0) is 18.3. The number of aromatic amines is 1. The highest BCUT2D eigenvalue weighted by Gasteiger charge is 2.42. The van der Waals surface area contributed by atoms with E-state index in [0.29, 0.717) is 18.0 Å². The minimum Gasteiger partial charge on any atom is -0.497 e. The number of fused-ring (bicyclic) bond motifs is 1. The van der Waals surface area contributed by atoms with Crippen LogP contribution in [0.15, 0.2) is 24.3 Å². The van der Waals surface area contributed by atoms with Gasteiger partial charge in [0.15, 0.2) is 5.69 Å². The van der Waals surface area contributed by atoms with Crippen molar-refractivity contribution < 1.29 is 19.4 Å². The van der Waals surface area contributed by atoms with Gasteiger partial charge in [0.25, 0.3) is 5.91 Å². The third-order valence-corrected chi connectivity index (χ3v) is 5.46. The number of aryl methyl sites for hydroxylation is 1. The summed E-state index contributed by atoms with van der Waals surface area (Å²) in [5.41, 5.74) is 3.35. The number of nitrogens with zero attached hydrogens (tertiary/aromatic N) is 2. The Balaban J connectivity index is 1.61. The summed E-state index contributed by atoms with van der Waals surface area (Å²) in [6.07, 6.45) is 2.79. The van der Waals surface area contributed by atoms with Gasteiger partial charge in [0.2, 0.25) is 0 Å². The van der Waals surface area contributed by atoms with E-state index in [9.17, 15) is 14.7 Å². The molecule has 4 rings (SSSR count). The van der Waals surface area contributed by atoms with Crippen molar-refractivity contribution in [3.05, 3.63) is 46.8 Å². The van der Waals surface area contributed by atoms with Crippen LogP contribution in [0.2, 0.25) is 0 Å². The summed E-state index contributed by atoms with van der Waals surface area (Å²) in [5, 5.41) is 16.8. The fourth-order valence-corrected chi connectivity index (χ4v) is 4.08. The first-order chi connectivity index (χ1) is 12.6. The summed E-state index contributed by atoms with van der Waals surface area (Å²) >= 11 is 0. The van der Waals surface area contributed by atoms with Crippen LogP contribution in [0.5, 0.6) is 5.75 Å². The zero-order valence-electron chi connectivity index (χ0n) is 14.6. The van der Waals surface area contributed by atoms with E-state index in [4.69, 9.17) is 4.74 Å². The van der Waals surface area contributed by atoms with Crippen molar-refractivity contribution in [1.29, 1.82) is 0 Å². The molecule has 136 valence electrons. The molecule has 0 saturated carbocycles. The molecular formula is C19H21N3O4. The largest absolute Gasteiger partial charge is 0.497 e. The number of ether oxygens (including phenoxy) is 1. The molecule has 1 fully saturated rings. The maximum atomic E-state index is 13.0. The molecule has 2 heterocycles. The summed E-state index contributed by atoms with van der Waals surface area (Å²) in [6.45, 7) is 0.558. The second-order valence-corrected chi connectivity index (χ2v) is 6.92. The minimum absolute atomic E-state index is 0.180. The number of hydrogen-bond acceptors (Lipinski definition) is 4. The summed E-state index contributed by atoms with van der Waals surface area (Å²) in [7, 11) is 1.58. The molecule has 1 saturated heterocycles. The molecule has 1 aromatic heterocycles. The fraction of sp³-hybridized carbons (Fsp3) is 0.421. The summed E-state index contributed by atoms with van der Waals surface area (Å²) in [6, 6.07) is 7.41. The smallest absolute Gasteiger partial charge is 0.308 e. The van der Waals surface area contributed by atoms with Gasteiger partial charge in [-0.3, -0.25) is 14.7 Å². The fourth-order valence-electron chi connectivity index (χ4n) is 4.08. The van der Waals surface area contributed by atoms with Crippen LogP contribution < -0.4 is 4.74 Å². The molecule has 7 heteroatoms. The van der Waals surface area contributed by atoms with Crippen LogP contribution in [0, 0.1) is 5.92 Å². The van der Waals surface area contributed by atoms with Gasteiger partial charge in [-0.25, -0.2) is 0 Å². The summed E-state index contributed by atoms with van der Waals surface area (Å²) in [4.78, 5) is 26.4. The lowest BCUT2D eigenvalue weighted by Gasteiger charge is -2.16. The van der Waals surface area contributed by atoms with Gasteiger partial charge < -0.3 is 14.7 Å². The highest BCUT2D eigenvalue weighted by atomic mass is 16.5. The lowest BCUT2D eigenvalue weighted by atomic mass is 9.89. The second kappa shape index (κ2) is 6.48. The molecule has 1 aromatic carbocycles. The Kier molecular flexibility index (Phi) is 4.14. The zero-order valence-corrected chi connectivity index (χ0v) is 14.6. The first-order valence-electron chi connectivity index (χ1n) is 8.80.